The number of rotatable bonds is 5. The Morgan fingerprint density at radius 2 is 2.22 bits per heavy atom. The SMILES string of the molecule is CCCc1cc(C(=O)NCC2(C)CC2)cc(N)n1. The molecule has 1 amide bonds. The fraction of sp³-hybridized carbons (Fsp3) is 0.571. The van der Waals surface area contributed by atoms with Gasteiger partial charge in [-0.15, -0.1) is 0 Å². The Bertz CT molecular complexity index is 452. The largest absolute Gasteiger partial charge is 0.384 e. The molecular weight excluding hydrogens is 226 g/mol. The smallest absolute Gasteiger partial charge is 0.251 e. The van der Waals surface area contributed by atoms with E-state index >= 15 is 0 Å². The number of amides is 1. The van der Waals surface area contributed by atoms with Crippen LogP contribution in [-0.4, -0.2) is 17.4 Å². The van der Waals surface area contributed by atoms with Crippen LogP contribution in [0.15, 0.2) is 12.1 Å². The van der Waals surface area contributed by atoms with Crippen molar-refractivity contribution in [1.29, 1.82) is 0 Å². The number of nitrogens with zero attached hydrogens (tertiary/aromatic N) is 1. The number of nitrogen functional groups attached to an aromatic ring is 1. The van der Waals surface area contributed by atoms with Crippen molar-refractivity contribution in [3.8, 4) is 0 Å². The van der Waals surface area contributed by atoms with Crippen LogP contribution in [0.5, 0.6) is 0 Å². The zero-order valence-electron chi connectivity index (χ0n) is 11.1. The minimum absolute atomic E-state index is 0.0467. The zero-order valence-corrected chi connectivity index (χ0v) is 11.1. The predicted molar refractivity (Wildman–Crippen MR) is 72.3 cm³/mol. The van der Waals surface area contributed by atoms with Gasteiger partial charge in [0.15, 0.2) is 0 Å². The van der Waals surface area contributed by atoms with Crippen molar-refractivity contribution in [3.63, 3.8) is 0 Å². The van der Waals surface area contributed by atoms with Crippen LogP contribution in [0.4, 0.5) is 5.82 Å². The van der Waals surface area contributed by atoms with E-state index in [9.17, 15) is 4.79 Å². The number of carbonyl (C=O) groups excluding carboxylic acids is 1. The molecule has 18 heavy (non-hydrogen) atoms. The fourth-order valence-electron chi connectivity index (χ4n) is 1.91. The summed E-state index contributed by atoms with van der Waals surface area (Å²) in [7, 11) is 0. The molecule has 0 unspecified atom stereocenters. The molecule has 1 heterocycles. The van der Waals surface area contributed by atoms with Crippen molar-refractivity contribution < 1.29 is 4.79 Å². The predicted octanol–water partition coefficient (Wildman–Crippen LogP) is 2.15. The van der Waals surface area contributed by atoms with E-state index in [1.807, 2.05) is 6.07 Å². The van der Waals surface area contributed by atoms with E-state index in [2.05, 4.69) is 24.1 Å². The Balaban J connectivity index is 2.04. The molecule has 1 fully saturated rings. The van der Waals surface area contributed by atoms with Crippen LogP contribution in [0.2, 0.25) is 0 Å². The van der Waals surface area contributed by atoms with Gasteiger partial charge >= 0.3 is 0 Å². The first-order valence-electron chi connectivity index (χ1n) is 6.57. The van der Waals surface area contributed by atoms with E-state index in [0.717, 1.165) is 25.1 Å². The third-order valence-electron chi connectivity index (χ3n) is 3.45. The summed E-state index contributed by atoms with van der Waals surface area (Å²) in [4.78, 5) is 16.3. The fourth-order valence-corrected chi connectivity index (χ4v) is 1.91. The molecule has 0 atom stereocenters. The molecule has 1 aliphatic rings. The van der Waals surface area contributed by atoms with Crippen molar-refractivity contribution >= 4 is 11.7 Å². The summed E-state index contributed by atoms with van der Waals surface area (Å²) in [5.41, 5.74) is 7.56. The van der Waals surface area contributed by atoms with Crippen LogP contribution in [0, 0.1) is 5.41 Å². The highest BCUT2D eigenvalue weighted by Gasteiger charge is 2.37. The lowest BCUT2D eigenvalue weighted by molar-refractivity contribution is 0.0946. The minimum Gasteiger partial charge on any atom is -0.384 e. The number of aryl methyl sites for hydroxylation is 1. The Labute approximate surface area is 108 Å². The van der Waals surface area contributed by atoms with Gasteiger partial charge in [0.05, 0.1) is 0 Å². The summed E-state index contributed by atoms with van der Waals surface area (Å²) in [5.74, 6) is 0.373. The number of hydrogen-bond donors (Lipinski definition) is 2. The molecule has 0 saturated heterocycles. The second-order valence-electron chi connectivity index (χ2n) is 5.52. The van der Waals surface area contributed by atoms with Gasteiger partial charge < -0.3 is 11.1 Å². The molecule has 1 aromatic heterocycles. The molecule has 4 heteroatoms. The maximum Gasteiger partial charge on any atom is 0.251 e. The average Bonchev–Trinajstić information content (AvgIpc) is 3.05. The van der Waals surface area contributed by atoms with Gasteiger partial charge in [0, 0.05) is 17.8 Å². The lowest BCUT2D eigenvalue weighted by atomic mass is 10.1. The molecule has 2 rings (SSSR count). The number of nitrogens with one attached hydrogen (secondary N) is 1. The average molecular weight is 247 g/mol. The van der Waals surface area contributed by atoms with Crippen molar-refractivity contribution in [2.75, 3.05) is 12.3 Å². The molecule has 0 spiro atoms. The van der Waals surface area contributed by atoms with Gasteiger partial charge in [0.25, 0.3) is 5.91 Å². The Morgan fingerprint density at radius 3 is 2.83 bits per heavy atom. The first-order valence-corrected chi connectivity index (χ1v) is 6.57. The first-order chi connectivity index (χ1) is 8.52. The van der Waals surface area contributed by atoms with Crippen LogP contribution in [0.3, 0.4) is 0 Å². The third kappa shape index (κ3) is 3.22. The molecule has 0 aromatic carbocycles. The monoisotopic (exact) mass is 247 g/mol. The molecule has 4 nitrogen and oxygen atoms in total. The lowest BCUT2D eigenvalue weighted by Crippen LogP contribution is -2.29. The highest BCUT2D eigenvalue weighted by Crippen LogP contribution is 2.44. The third-order valence-corrected chi connectivity index (χ3v) is 3.45. The van der Waals surface area contributed by atoms with Gasteiger partial charge in [0.2, 0.25) is 0 Å². The molecule has 0 radical (unpaired) electrons. The van der Waals surface area contributed by atoms with Crippen LogP contribution in [-0.2, 0) is 6.42 Å². The zero-order chi connectivity index (χ0) is 13.2. The Morgan fingerprint density at radius 1 is 1.50 bits per heavy atom. The maximum atomic E-state index is 12.0. The van der Waals surface area contributed by atoms with Crippen molar-refractivity contribution in [2.24, 2.45) is 5.41 Å². The highest BCUT2D eigenvalue weighted by atomic mass is 16.1. The van der Waals surface area contributed by atoms with E-state index in [1.165, 1.54) is 12.8 Å². The number of anilines is 1. The first kappa shape index (κ1) is 12.9. The topological polar surface area (TPSA) is 68.0 Å². The summed E-state index contributed by atoms with van der Waals surface area (Å²) >= 11 is 0. The summed E-state index contributed by atoms with van der Waals surface area (Å²) in [6.45, 7) is 5.02. The number of hydrogen-bond acceptors (Lipinski definition) is 3. The van der Waals surface area contributed by atoms with Crippen molar-refractivity contribution in [3.05, 3.63) is 23.4 Å². The number of aromatic nitrogens is 1. The summed E-state index contributed by atoms with van der Waals surface area (Å²) in [5, 5.41) is 2.98. The second-order valence-corrected chi connectivity index (χ2v) is 5.52. The van der Waals surface area contributed by atoms with Crippen molar-refractivity contribution in [2.45, 2.75) is 39.5 Å². The van der Waals surface area contributed by atoms with Gasteiger partial charge in [-0.2, -0.15) is 0 Å². The quantitative estimate of drug-likeness (QED) is 0.837. The lowest BCUT2D eigenvalue weighted by Gasteiger charge is -2.11. The van der Waals surface area contributed by atoms with Crippen LogP contribution < -0.4 is 11.1 Å². The van der Waals surface area contributed by atoms with Gasteiger partial charge in [0.1, 0.15) is 5.82 Å². The van der Waals surface area contributed by atoms with Crippen molar-refractivity contribution in [1.82, 2.24) is 10.3 Å². The number of pyridine rings is 1. The second kappa shape index (κ2) is 4.96. The Kier molecular flexibility index (Phi) is 3.55. The van der Waals surface area contributed by atoms with E-state index < -0.39 is 0 Å². The van der Waals surface area contributed by atoms with E-state index in [-0.39, 0.29) is 5.91 Å². The van der Waals surface area contributed by atoms with Crippen LogP contribution in [0.25, 0.3) is 0 Å². The molecule has 3 N–H and O–H groups in total. The molecule has 98 valence electrons. The van der Waals surface area contributed by atoms with E-state index in [0.29, 0.717) is 16.8 Å². The molecule has 1 aliphatic carbocycles. The van der Waals surface area contributed by atoms with Gasteiger partial charge in [-0.1, -0.05) is 20.3 Å². The number of carbonyl (C=O) groups is 1. The van der Waals surface area contributed by atoms with Crippen LogP contribution >= 0.6 is 0 Å². The van der Waals surface area contributed by atoms with Gasteiger partial charge in [-0.3, -0.25) is 4.79 Å². The molecule has 0 aliphatic heterocycles. The molecule has 1 aromatic rings. The number of nitrogens with two attached hydrogens (primary N) is 1. The highest BCUT2D eigenvalue weighted by molar-refractivity contribution is 5.94. The molecular formula is C14H21N3O. The normalized spacial score (nSPS) is 16.3. The summed E-state index contributed by atoms with van der Waals surface area (Å²) in [6.07, 6.45) is 4.25. The Hall–Kier alpha value is -1.58. The minimum atomic E-state index is -0.0467. The maximum absolute atomic E-state index is 12.0. The van der Waals surface area contributed by atoms with E-state index in [4.69, 9.17) is 5.73 Å². The van der Waals surface area contributed by atoms with E-state index in [1.54, 1.807) is 6.07 Å². The summed E-state index contributed by atoms with van der Waals surface area (Å²) in [6, 6.07) is 3.48. The summed E-state index contributed by atoms with van der Waals surface area (Å²) < 4.78 is 0. The molecule has 0 bridgehead atoms. The molecule has 1 saturated carbocycles. The van der Waals surface area contributed by atoms with Gasteiger partial charge in [-0.05, 0) is 36.8 Å². The van der Waals surface area contributed by atoms with Gasteiger partial charge in [-0.25, -0.2) is 4.98 Å². The standard InChI is InChI=1S/C14H21N3O/c1-3-4-11-7-10(8-12(15)17-11)13(18)16-9-14(2)5-6-14/h7-8H,3-6,9H2,1-2H3,(H2,15,17)(H,16,18). The van der Waals surface area contributed by atoms with Crippen LogP contribution in [0.1, 0.15) is 49.2 Å².